The summed E-state index contributed by atoms with van der Waals surface area (Å²) in [5, 5.41) is 20.1. The summed E-state index contributed by atoms with van der Waals surface area (Å²) in [4.78, 5) is 38.4. The van der Waals surface area contributed by atoms with E-state index in [9.17, 15) is 32.7 Å². The van der Waals surface area contributed by atoms with Crippen molar-refractivity contribution in [2.45, 2.75) is 32.8 Å². The van der Waals surface area contributed by atoms with Gasteiger partial charge in [0.05, 0.1) is 5.69 Å². The number of benzene rings is 2. The number of nitrogens with one attached hydrogen (secondary N) is 1. The maximum absolute atomic E-state index is 12.9. The van der Waals surface area contributed by atoms with E-state index >= 15 is 0 Å². The fourth-order valence-electron chi connectivity index (χ4n) is 4.04. The molecule has 192 valence electrons. The number of rotatable bonds is 7. The van der Waals surface area contributed by atoms with Gasteiger partial charge < -0.3 is 20.1 Å². The number of halogens is 3. The molecule has 37 heavy (non-hydrogen) atoms. The predicted molar refractivity (Wildman–Crippen MR) is 125 cm³/mol. The zero-order chi connectivity index (χ0) is 26.9. The first kappa shape index (κ1) is 25.6. The topological polar surface area (TPSA) is 122 Å². The molecule has 1 aliphatic heterocycles. The minimum Gasteiger partial charge on any atom is -0.480 e. The molecule has 1 unspecified atom stereocenters. The Morgan fingerprint density at radius 1 is 1.05 bits per heavy atom. The number of carboxylic acid groups (broad SMARTS) is 1. The number of carbonyl (C=O) groups is 3. The molecule has 4 rings (SSSR count). The molecule has 2 amide bonds. The number of carboxylic acids is 1. The zero-order valence-corrected chi connectivity index (χ0v) is 19.6. The number of carbonyl (C=O) groups excluding carboxylic acids is 2. The third-order valence-corrected chi connectivity index (χ3v) is 5.71. The van der Waals surface area contributed by atoms with Gasteiger partial charge in [0.1, 0.15) is 11.8 Å². The Bertz CT molecular complexity index is 1340. The van der Waals surface area contributed by atoms with E-state index in [4.69, 9.17) is 0 Å². The molecule has 3 aromatic rings. The number of hydrogen-bond acceptors (Lipinski definition) is 6. The summed E-state index contributed by atoms with van der Waals surface area (Å²) in [6, 6.07) is 11.6. The van der Waals surface area contributed by atoms with Crippen LogP contribution in [0.5, 0.6) is 5.75 Å². The van der Waals surface area contributed by atoms with Crippen LogP contribution in [0.3, 0.4) is 0 Å². The Labute approximate surface area is 208 Å². The molecule has 2 aromatic carbocycles. The van der Waals surface area contributed by atoms with Gasteiger partial charge in [-0.05, 0) is 53.9 Å². The van der Waals surface area contributed by atoms with E-state index in [0.29, 0.717) is 22.4 Å². The summed E-state index contributed by atoms with van der Waals surface area (Å²) < 4.78 is 40.6. The summed E-state index contributed by atoms with van der Waals surface area (Å²) in [5.74, 6) is -2.66. The first-order chi connectivity index (χ1) is 17.4. The molecule has 1 aliphatic rings. The fraction of sp³-hybridized carbons (Fsp3) is 0.240. The second-order valence-electron chi connectivity index (χ2n) is 8.66. The van der Waals surface area contributed by atoms with Crippen molar-refractivity contribution < 1.29 is 37.4 Å². The lowest BCUT2D eigenvalue weighted by Crippen LogP contribution is -2.44. The second-order valence-corrected chi connectivity index (χ2v) is 8.66. The number of hydrogen-bond donors (Lipinski definition) is 2. The Morgan fingerprint density at radius 3 is 2.32 bits per heavy atom. The third-order valence-electron chi connectivity index (χ3n) is 5.71. The molecule has 0 radical (unpaired) electrons. The average Bonchev–Trinajstić information content (AvgIpc) is 3.14. The van der Waals surface area contributed by atoms with Crippen LogP contribution in [0.2, 0.25) is 0 Å². The van der Waals surface area contributed by atoms with Crippen molar-refractivity contribution in [2.75, 3.05) is 5.32 Å². The lowest BCUT2D eigenvalue weighted by Gasteiger charge is -2.27. The number of alkyl halides is 3. The molecule has 2 heterocycles. The van der Waals surface area contributed by atoms with Gasteiger partial charge in [-0.1, -0.05) is 26.0 Å². The number of fused-ring (bicyclic) bond motifs is 1. The van der Waals surface area contributed by atoms with Gasteiger partial charge in [0.25, 0.3) is 11.8 Å². The summed E-state index contributed by atoms with van der Waals surface area (Å²) in [7, 11) is 0. The van der Waals surface area contributed by atoms with Crippen molar-refractivity contribution in [3.63, 3.8) is 0 Å². The number of nitrogens with zero attached hydrogens (tertiary/aromatic N) is 3. The van der Waals surface area contributed by atoms with E-state index in [1.54, 1.807) is 38.1 Å². The Hall–Kier alpha value is -4.48. The predicted octanol–water partition coefficient (Wildman–Crippen LogP) is 4.36. The van der Waals surface area contributed by atoms with Crippen LogP contribution in [-0.4, -0.2) is 50.4 Å². The minimum atomic E-state index is -4.83. The van der Waals surface area contributed by atoms with Crippen LogP contribution in [0.1, 0.15) is 40.1 Å². The van der Waals surface area contributed by atoms with Gasteiger partial charge in [-0.25, -0.2) is 4.79 Å². The van der Waals surface area contributed by atoms with Gasteiger partial charge in [-0.2, -0.15) is 0 Å². The van der Waals surface area contributed by atoms with Crippen LogP contribution in [0.15, 0.2) is 54.6 Å². The van der Waals surface area contributed by atoms with Gasteiger partial charge in [0.2, 0.25) is 0 Å². The maximum Gasteiger partial charge on any atom is 0.573 e. The largest absolute Gasteiger partial charge is 0.573 e. The smallest absolute Gasteiger partial charge is 0.480 e. The van der Waals surface area contributed by atoms with Crippen molar-refractivity contribution >= 4 is 23.6 Å². The summed E-state index contributed by atoms with van der Waals surface area (Å²) in [6.07, 6.45) is -4.83. The van der Waals surface area contributed by atoms with Gasteiger partial charge in [-0.3, -0.25) is 9.59 Å². The molecule has 0 aliphatic carbocycles. The molecular formula is C25H21F3N4O5. The lowest BCUT2D eigenvalue weighted by atomic mass is 10.0. The molecule has 0 fully saturated rings. The summed E-state index contributed by atoms with van der Waals surface area (Å²) in [6.45, 7) is 3.69. The SMILES string of the molecule is CC(C)C(C(=O)O)N1Cc2ccc(-c3ccc(NC(=O)c4ccc(OC(F)(F)F)cc4)nn3)cc2C1=O. The van der Waals surface area contributed by atoms with E-state index in [1.807, 2.05) is 0 Å². The van der Waals surface area contributed by atoms with E-state index in [0.717, 1.165) is 12.1 Å². The van der Waals surface area contributed by atoms with E-state index in [-0.39, 0.29) is 29.8 Å². The van der Waals surface area contributed by atoms with E-state index in [1.165, 1.54) is 23.1 Å². The normalized spacial score (nSPS) is 13.9. The van der Waals surface area contributed by atoms with Crippen LogP contribution >= 0.6 is 0 Å². The highest BCUT2D eigenvalue weighted by atomic mass is 19.4. The molecule has 0 spiro atoms. The molecular weight excluding hydrogens is 493 g/mol. The maximum atomic E-state index is 12.9. The minimum absolute atomic E-state index is 0.0863. The number of aromatic nitrogens is 2. The number of ether oxygens (including phenoxy) is 1. The first-order valence-corrected chi connectivity index (χ1v) is 11.1. The highest BCUT2D eigenvalue weighted by molar-refractivity contribution is 6.04. The van der Waals surface area contributed by atoms with Gasteiger partial charge in [-0.15, -0.1) is 23.4 Å². The molecule has 9 nitrogen and oxygen atoms in total. The van der Waals surface area contributed by atoms with Gasteiger partial charge >= 0.3 is 12.3 Å². The van der Waals surface area contributed by atoms with Gasteiger partial charge in [0.15, 0.2) is 5.82 Å². The van der Waals surface area contributed by atoms with E-state index < -0.39 is 30.0 Å². The van der Waals surface area contributed by atoms with E-state index in [2.05, 4.69) is 20.3 Å². The molecule has 1 atom stereocenters. The van der Waals surface area contributed by atoms with Crippen molar-refractivity contribution in [3.05, 3.63) is 71.3 Å². The molecule has 2 N–H and O–H groups in total. The summed E-state index contributed by atoms with van der Waals surface area (Å²) >= 11 is 0. The van der Waals surface area contributed by atoms with Crippen molar-refractivity contribution in [1.82, 2.24) is 15.1 Å². The monoisotopic (exact) mass is 514 g/mol. The van der Waals surface area contributed by atoms with Crippen LogP contribution in [0, 0.1) is 5.92 Å². The highest BCUT2D eigenvalue weighted by Crippen LogP contribution is 2.31. The van der Waals surface area contributed by atoms with Crippen LogP contribution in [-0.2, 0) is 11.3 Å². The van der Waals surface area contributed by atoms with Crippen molar-refractivity contribution in [2.24, 2.45) is 5.92 Å². The lowest BCUT2D eigenvalue weighted by molar-refractivity contribution is -0.274. The Morgan fingerprint density at radius 2 is 1.76 bits per heavy atom. The van der Waals surface area contributed by atoms with Crippen molar-refractivity contribution in [3.8, 4) is 17.0 Å². The standard InChI is InChI=1S/C25H21F3N4O5/c1-13(2)21(24(35)36)32-12-16-4-3-15(11-18(16)23(32)34)19-9-10-20(31-30-19)29-22(33)14-5-7-17(8-6-14)37-25(26,27)28/h3-11,13,21H,12H2,1-2H3,(H,35,36)(H,29,31,33). The van der Waals surface area contributed by atoms with Crippen molar-refractivity contribution in [1.29, 1.82) is 0 Å². The number of anilines is 1. The average molecular weight is 514 g/mol. The highest BCUT2D eigenvalue weighted by Gasteiger charge is 2.38. The second kappa shape index (κ2) is 9.88. The molecule has 0 bridgehead atoms. The fourth-order valence-corrected chi connectivity index (χ4v) is 4.04. The van der Waals surface area contributed by atoms with Crippen LogP contribution < -0.4 is 10.1 Å². The first-order valence-electron chi connectivity index (χ1n) is 11.1. The van der Waals surface area contributed by atoms with Crippen LogP contribution in [0.4, 0.5) is 19.0 Å². The third kappa shape index (κ3) is 5.68. The quantitative estimate of drug-likeness (QED) is 0.481. The zero-order valence-electron chi connectivity index (χ0n) is 19.6. The number of amides is 2. The molecule has 0 saturated heterocycles. The molecule has 12 heteroatoms. The van der Waals surface area contributed by atoms with Crippen LogP contribution in [0.25, 0.3) is 11.3 Å². The Balaban J connectivity index is 1.45. The molecule has 1 aromatic heterocycles. The summed E-state index contributed by atoms with van der Waals surface area (Å²) in [5.41, 5.74) is 2.18. The number of aliphatic carboxylic acids is 1. The van der Waals surface area contributed by atoms with Gasteiger partial charge in [0, 0.05) is 23.2 Å². The Kier molecular flexibility index (Phi) is 6.84. The molecule has 0 saturated carbocycles.